The number of hydrogen-bond acceptors (Lipinski definition) is 1. The minimum atomic E-state index is 0.0162. The van der Waals surface area contributed by atoms with E-state index >= 15 is 0 Å². The lowest BCUT2D eigenvalue weighted by Gasteiger charge is -1.74. The zero-order chi connectivity index (χ0) is 5.70. The molecule has 0 saturated carbocycles. The van der Waals surface area contributed by atoms with E-state index in [2.05, 4.69) is 4.99 Å². The van der Waals surface area contributed by atoms with Gasteiger partial charge in [-0.2, -0.15) is 5.26 Å². The van der Waals surface area contributed by atoms with Crippen LogP contribution in [0.15, 0.2) is 0 Å². The molecule has 0 aromatic carbocycles. The average Bonchev–Trinajstić information content (AvgIpc) is 1.68. The Morgan fingerprint density at radius 1 is 2.00 bits per heavy atom. The highest BCUT2D eigenvalue weighted by Crippen LogP contribution is 1.65. The predicted octanol–water partition coefficient (Wildman–Crippen LogP) is -1.43. The number of hydrogen-bond donors (Lipinski definition) is 2. The van der Waals surface area contributed by atoms with Crippen LogP contribution in [0.2, 0.25) is 0 Å². The fourth-order valence-electron chi connectivity index (χ4n) is 0.163. The standard InChI is InChI=1S/C4H6N2O/c1-6-4(7)2-3-5/h2H2,1H3,(H,6,7)/p+1. The molecule has 0 aliphatic rings. The summed E-state index contributed by atoms with van der Waals surface area (Å²) in [5.41, 5.74) is 0. The third kappa shape index (κ3) is 2.77. The lowest BCUT2D eigenvalue weighted by atomic mass is 10.5. The molecule has 0 aromatic rings. The van der Waals surface area contributed by atoms with E-state index in [1.807, 2.05) is 0 Å². The van der Waals surface area contributed by atoms with Crippen molar-refractivity contribution in [3.8, 4) is 6.07 Å². The molecule has 0 fully saturated rings. The van der Waals surface area contributed by atoms with Crippen molar-refractivity contribution in [2.45, 2.75) is 6.42 Å². The lowest BCUT2D eigenvalue weighted by molar-refractivity contribution is -0.431. The molecule has 0 saturated heterocycles. The Morgan fingerprint density at radius 2 is 2.57 bits per heavy atom. The maximum absolute atomic E-state index is 8.44. The zero-order valence-electron chi connectivity index (χ0n) is 4.10. The smallest absolute Gasteiger partial charge is 0.346 e. The molecular formula is C4H7N2O+. The molecule has 0 bridgehead atoms. The molecule has 3 heteroatoms. The van der Waals surface area contributed by atoms with Gasteiger partial charge in [-0.05, 0) is 0 Å². The summed E-state index contributed by atoms with van der Waals surface area (Å²) in [6.45, 7) is 0. The van der Waals surface area contributed by atoms with Gasteiger partial charge in [-0.1, -0.05) is 0 Å². The second-order valence-electron chi connectivity index (χ2n) is 1.03. The molecule has 0 heterocycles. The molecule has 0 aromatic heterocycles. The topological polar surface area (TPSA) is 58.0 Å². The molecular weight excluding hydrogens is 92.1 g/mol. The van der Waals surface area contributed by atoms with Crippen molar-refractivity contribution in [2.24, 2.45) is 0 Å². The number of nitrogens with zero attached hydrogens (tertiary/aromatic N) is 1. The first kappa shape index (κ1) is 5.96. The normalized spacial score (nSPS) is 10.6. The molecule has 3 nitrogen and oxygen atoms in total. The maximum atomic E-state index is 8.44. The van der Waals surface area contributed by atoms with Crippen LogP contribution in [0.4, 0.5) is 0 Å². The average molecular weight is 99.1 g/mol. The van der Waals surface area contributed by atoms with E-state index in [0.29, 0.717) is 0 Å². The molecule has 0 rings (SSSR count). The number of aliphatic hydroxyl groups excluding tert-OH is 1. The van der Waals surface area contributed by atoms with Crippen LogP contribution < -0.4 is 4.99 Å². The summed E-state index contributed by atoms with van der Waals surface area (Å²) in [7, 11) is 1.56. The van der Waals surface area contributed by atoms with E-state index in [0.717, 1.165) is 0 Å². The van der Waals surface area contributed by atoms with Crippen molar-refractivity contribution >= 4 is 5.90 Å². The molecule has 0 spiro atoms. The summed E-state index contributed by atoms with van der Waals surface area (Å²) in [5, 5.41) is 16.3. The summed E-state index contributed by atoms with van der Waals surface area (Å²) in [4.78, 5) is 2.42. The third-order valence-electron chi connectivity index (χ3n) is 0.535. The van der Waals surface area contributed by atoms with E-state index in [1.54, 1.807) is 13.1 Å². The first-order chi connectivity index (χ1) is 3.31. The van der Waals surface area contributed by atoms with Crippen LogP contribution in [0, 0.1) is 11.3 Å². The Kier molecular flexibility index (Phi) is 2.69. The van der Waals surface area contributed by atoms with Crippen LogP contribution in [0.1, 0.15) is 6.42 Å². The number of nitrogens with one attached hydrogen (secondary N) is 1. The van der Waals surface area contributed by atoms with Gasteiger partial charge in [-0.15, -0.1) is 0 Å². The largest absolute Gasteiger partial charge is 0.463 e. The predicted molar refractivity (Wildman–Crippen MR) is 24.8 cm³/mol. The molecule has 38 valence electrons. The second-order valence-corrected chi connectivity index (χ2v) is 1.03. The van der Waals surface area contributed by atoms with Crippen molar-refractivity contribution in [3.63, 3.8) is 0 Å². The van der Waals surface area contributed by atoms with Crippen LogP contribution in [0.3, 0.4) is 0 Å². The molecule has 0 amide bonds. The number of nitriles is 1. The van der Waals surface area contributed by atoms with E-state index in [9.17, 15) is 0 Å². The van der Waals surface area contributed by atoms with Gasteiger partial charge in [0.15, 0.2) is 6.42 Å². The lowest BCUT2D eigenvalue weighted by Crippen LogP contribution is -2.67. The van der Waals surface area contributed by atoms with Crippen LogP contribution in [0.5, 0.6) is 0 Å². The third-order valence-corrected chi connectivity index (χ3v) is 0.535. The summed E-state index contributed by atoms with van der Waals surface area (Å²) in [6, 6.07) is 1.77. The summed E-state index contributed by atoms with van der Waals surface area (Å²) < 4.78 is 0. The van der Waals surface area contributed by atoms with E-state index in [1.165, 1.54) is 0 Å². The fraction of sp³-hybridized carbons (Fsp3) is 0.500. The Balaban J connectivity index is 3.43. The van der Waals surface area contributed by atoms with Gasteiger partial charge >= 0.3 is 5.90 Å². The second kappa shape index (κ2) is 3.16. The monoisotopic (exact) mass is 99.1 g/mol. The van der Waals surface area contributed by atoms with Crippen molar-refractivity contribution < 1.29 is 10.1 Å². The molecule has 0 unspecified atom stereocenters. The van der Waals surface area contributed by atoms with Gasteiger partial charge in [-0.25, -0.2) is 4.99 Å². The van der Waals surface area contributed by atoms with Crippen molar-refractivity contribution in [2.75, 3.05) is 7.05 Å². The fourth-order valence-corrected chi connectivity index (χ4v) is 0.163. The number of aliphatic hydroxyl groups is 1. The van der Waals surface area contributed by atoms with E-state index in [-0.39, 0.29) is 12.3 Å². The van der Waals surface area contributed by atoms with E-state index in [4.69, 9.17) is 10.4 Å². The van der Waals surface area contributed by atoms with Gasteiger partial charge in [0, 0.05) is 0 Å². The van der Waals surface area contributed by atoms with Crippen molar-refractivity contribution in [3.05, 3.63) is 0 Å². The van der Waals surface area contributed by atoms with E-state index < -0.39 is 0 Å². The SMILES string of the molecule is C[NH+]=C(O)CC#N. The van der Waals surface area contributed by atoms with Crippen molar-refractivity contribution in [1.82, 2.24) is 0 Å². The highest BCUT2D eigenvalue weighted by Gasteiger charge is 1.93. The Bertz CT molecular complexity index is 111. The zero-order valence-corrected chi connectivity index (χ0v) is 4.10. The molecule has 7 heavy (non-hydrogen) atoms. The first-order valence-corrected chi connectivity index (χ1v) is 1.90. The van der Waals surface area contributed by atoms with Gasteiger partial charge in [-0.3, -0.25) is 0 Å². The van der Waals surface area contributed by atoms with Crippen LogP contribution in [-0.4, -0.2) is 18.1 Å². The maximum Gasteiger partial charge on any atom is 0.346 e. The molecule has 0 aliphatic heterocycles. The van der Waals surface area contributed by atoms with Gasteiger partial charge in [0.2, 0.25) is 0 Å². The van der Waals surface area contributed by atoms with Gasteiger partial charge in [0.05, 0.1) is 6.07 Å². The Hall–Kier alpha value is -1.04. The highest BCUT2D eigenvalue weighted by molar-refractivity contribution is 5.69. The first-order valence-electron chi connectivity index (χ1n) is 1.90. The summed E-state index contributed by atoms with van der Waals surface area (Å²) in [6.07, 6.45) is 0.0660. The molecule has 0 aliphatic carbocycles. The Morgan fingerprint density at radius 3 is 2.71 bits per heavy atom. The Labute approximate surface area is 41.9 Å². The summed E-state index contributed by atoms with van der Waals surface area (Å²) in [5.74, 6) is 0.0162. The molecule has 0 radical (unpaired) electrons. The van der Waals surface area contributed by atoms with Crippen LogP contribution in [0.25, 0.3) is 0 Å². The quantitative estimate of drug-likeness (QED) is 0.312. The van der Waals surface area contributed by atoms with Crippen molar-refractivity contribution in [1.29, 1.82) is 5.26 Å². The van der Waals surface area contributed by atoms with Crippen LogP contribution in [-0.2, 0) is 0 Å². The minimum Gasteiger partial charge on any atom is -0.463 e. The number of rotatable bonds is 1. The molecule has 2 N–H and O–H groups in total. The summed E-state index contributed by atoms with van der Waals surface area (Å²) >= 11 is 0. The van der Waals surface area contributed by atoms with Crippen LogP contribution >= 0.6 is 0 Å². The highest BCUT2D eigenvalue weighted by atomic mass is 16.3. The minimum absolute atomic E-state index is 0.0162. The van der Waals surface area contributed by atoms with Gasteiger partial charge in [0.25, 0.3) is 0 Å². The van der Waals surface area contributed by atoms with Gasteiger partial charge < -0.3 is 5.11 Å². The van der Waals surface area contributed by atoms with Gasteiger partial charge in [0.1, 0.15) is 7.05 Å². The molecule has 0 atom stereocenters.